The molecule has 8 heteroatoms. The zero-order chi connectivity index (χ0) is 16.3. The van der Waals surface area contributed by atoms with Crippen LogP contribution in [0.2, 0.25) is 0 Å². The van der Waals surface area contributed by atoms with Crippen LogP contribution in [0.1, 0.15) is 23.2 Å². The molecule has 1 N–H and O–H groups in total. The first kappa shape index (κ1) is 16.4. The van der Waals surface area contributed by atoms with Crippen molar-refractivity contribution in [1.82, 2.24) is 4.31 Å². The van der Waals surface area contributed by atoms with Crippen molar-refractivity contribution < 1.29 is 27.9 Å². The first-order chi connectivity index (χ1) is 10.4. The van der Waals surface area contributed by atoms with Crippen LogP contribution in [-0.4, -0.2) is 50.0 Å². The number of hydrogen-bond acceptors (Lipinski definition) is 5. The normalized spacial score (nSPS) is 17.1. The van der Waals surface area contributed by atoms with E-state index in [1.807, 2.05) is 0 Å². The number of rotatable bonds is 4. The van der Waals surface area contributed by atoms with Crippen molar-refractivity contribution in [1.29, 1.82) is 0 Å². The second-order valence-corrected chi connectivity index (χ2v) is 6.97. The Labute approximate surface area is 128 Å². The predicted octanol–water partition coefficient (Wildman–Crippen LogP) is 0.958. The van der Waals surface area contributed by atoms with Gasteiger partial charge in [-0.3, -0.25) is 4.79 Å². The highest BCUT2D eigenvalue weighted by atomic mass is 32.2. The smallest absolute Gasteiger partial charge is 0.337 e. The fourth-order valence-corrected chi connectivity index (χ4v) is 3.91. The summed E-state index contributed by atoms with van der Waals surface area (Å²) in [6, 6.07) is 5.63. The van der Waals surface area contributed by atoms with Crippen molar-refractivity contribution in [3.63, 3.8) is 0 Å². The SMILES string of the molecule is COC(=O)c1cccc(S(=O)(=O)N2CCC(C(=O)O)CC2)c1. The van der Waals surface area contributed by atoms with Crippen LogP contribution in [0.3, 0.4) is 0 Å². The van der Waals surface area contributed by atoms with Crippen LogP contribution in [0.15, 0.2) is 29.2 Å². The van der Waals surface area contributed by atoms with E-state index in [-0.39, 0.29) is 36.4 Å². The number of methoxy groups -OCH3 is 1. The van der Waals surface area contributed by atoms with E-state index in [1.54, 1.807) is 0 Å². The van der Waals surface area contributed by atoms with Crippen molar-refractivity contribution in [2.45, 2.75) is 17.7 Å². The van der Waals surface area contributed by atoms with Gasteiger partial charge >= 0.3 is 11.9 Å². The fourth-order valence-electron chi connectivity index (χ4n) is 2.39. The number of benzene rings is 1. The molecule has 1 heterocycles. The first-order valence-electron chi connectivity index (χ1n) is 6.77. The summed E-state index contributed by atoms with van der Waals surface area (Å²) in [5.41, 5.74) is 0.156. The lowest BCUT2D eigenvalue weighted by Crippen LogP contribution is -2.40. The molecule has 1 saturated heterocycles. The molecule has 7 nitrogen and oxygen atoms in total. The number of hydrogen-bond donors (Lipinski definition) is 1. The van der Waals surface area contributed by atoms with Crippen LogP contribution in [-0.2, 0) is 19.6 Å². The van der Waals surface area contributed by atoms with Gasteiger partial charge in [-0.2, -0.15) is 4.31 Å². The summed E-state index contributed by atoms with van der Waals surface area (Å²) >= 11 is 0. The molecular weight excluding hydrogens is 310 g/mol. The molecule has 0 aromatic heterocycles. The van der Waals surface area contributed by atoms with Crippen LogP contribution in [0, 0.1) is 5.92 Å². The molecule has 0 bridgehead atoms. The third-order valence-corrected chi connectivity index (χ3v) is 5.59. The molecule has 0 radical (unpaired) electrons. The maximum absolute atomic E-state index is 12.6. The van der Waals surface area contributed by atoms with Crippen LogP contribution in [0.5, 0.6) is 0 Å². The number of ether oxygens (including phenoxy) is 1. The highest BCUT2D eigenvalue weighted by Gasteiger charge is 2.32. The van der Waals surface area contributed by atoms with Crippen molar-refractivity contribution in [2.75, 3.05) is 20.2 Å². The van der Waals surface area contributed by atoms with E-state index in [4.69, 9.17) is 5.11 Å². The minimum Gasteiger partial charge on any atom is -0.481 e. The summed E-state index contributed by atoms with van der Waals surface area (Å²) in [5.74, 6) is -2.01. The number of carboxylic acids is 1. The number of esters is 1. The van der Waals surface area contributed by atoms with Crippen molar-refractivity contribution in [3.05, 3.63) is 29.8 Å². The van der Waals surface area contributed by atoms with E-state index in [9.17, 15) is 18.0 Å². The Balaban J connectivity index is 2.21. The Morgan fingerprint density at radius 1 is 1.27 bits per heavy atom. The van der Waals surface area contributed by atoms with E-state index in [0.717, 1.165) is 0 Å². The molecule has 2 rings (SSSR count). The molecule has 1 aliphatic heterocycles. The Morgan fingerprint density at radius 3 is 2.45 bits per heavy atom. The molecule has 0 amide bonds. The summed E-state index contributed by atoms with van der Waals surface area (Å²) in [6.45, 7) is 0.309. The average molecular weight is 327 g/mol. The molecule has 0 unspecified atom stereocenters. The van der Waals surface area contributed by atoms with Gasteiger partial charge in [-0.15, -0.1) is 0 Å². The predicted molar refractivity (Wildman–Crippen MR) is 76.9 cm³/mol. The van der Waals surface area contributed by atoms with Crippen molar-refractivity contribution >= 4 is 22.0 Å². The zero-order valence-electron chi connectivity index (χ0n) is 12.1. The Bertz CT molecular complexity index is 676. The van der Waals surface area contributed by atoms with Gasteiger partial charge in [0.2, 0.25) is 10.0 Å². The van der Waals surface area contributed by atoms with E-state index in [1.165, 1.54) is 35.7 Å². The number of sulfonamides is 1. The van der Waals surface area contributed by atoms with Gasteiger partial charge in [0, 0.05) is 13.1 Å². The molecule has 0 atom stereocenters. The highest BCUT2D eigenvalue weighted by molar-refractivity contribution is 7.89. The van der Waals surface area contributed by atoms with Crippen molar-refractivity contribution in [3.8, 4) is 0 Å². The average Bonchev–Trinajstić information content (AvgIpc) is 2.54. The van der Waals surface area contributed by atoms with E-state index < -0.39 is 27.9 Å². The van der Waals surface area contributed by atoms with E-state index in [2.05, 4.69) is 4.74 Å². The van der Waals surface area contributed by atoms with Gasteiger partial charge in [0.15, 0.2) is 0 Å². The van der Waals surface area contributed by atoms with Gasteiger partial charge in [-0.05, 0) is 31.0 Å². The van der Waals surface area contributed by atoms with Crippen LogP contribution in [0.25, 0.3) is 0 Å². The first-order valence-corrected chi connectivity index (χ1v) is 8.21. The fraction of sp³-hybridized carbons (Fsp3) is 0.429. The number of piperidine rings is 1. The van der Waals surface area contributed by atoms with Gasteiger partial charge in [-0.1, -0.05) is 6.07 Å². The Hall–Kier alpha value is -1.93. The lowest BCUT2D eigenvalue weighted by atomic mass is 9.99. The lowest BCUT2D eigenvalue weighted by molar-refractivity contribution is -0.142. The highest BCUT2D eigenvalue weighted by Crippen LogP contribution is 2.24. The Morgan fingerprint density at radius 2 is 1.91 bits per heavy atom. The number of nitrogens with zero attached hydrogens (tertiary/aromatic N) is 1. The topological polar surface area (TPSA) is 101 Å². The maximum atomic E-state index is 12.6. The molecule has 22 heavy (non-hydrogen) atoms. The second kappa shape index (κ2) is 6.45. The summed E-state index contributed by atoms with van der Waals surface area (Å²) in [4.78, 5) is 22.4. The lowest BCUT2D eigenvalue weighted by Gasteiger charge is -2.29. The van der Waals surface area contributed by atoms with Gasteiger partial charge in [0.25, 0.3) is 0 Å². The molecule has 1 fully saturated rings. The van der Waals surface area contributed by atoms with Crippen LogP contribution < -0.4 is 0 Å². The Kier molecular flexibility index (Phi) is 4.82. The van der Waals surface area contributed by atoms with Gasteiger partial charge in [-0.25, -0.2) is 13.2 Å². The monoisotopic (exact) mass is 327 g/mol. The molecule has 1 aromatic rings. The molecule has 0 spiro atoms. The largest absolute Gasteiger partial charge is 0.481 e. The molecular formula is C14H17NO6S. The number of aliphatic carboxylic acids is 1. The maximum Gasteiger partial charge on any atom is 0.337 e. The zero-order valence-corrected chi connectivity index (χ0v) is 12.9. The summed E-state index contributed by atoms with van der Waals surface area (Å²) < 4.78 is 30.9. The number of carboxylic acid groups (broad SMARTS) is 1. The van der Waals surface area contributed by atoms with Crippen LogP contribution in [0.4, 0.5) is 0 Å². The third kappa shape index (κ3) is 3.28. The minimum atomic E-state index is -3.74. The second-order valence-electron chi connectivity index (χ2n) is 5.04. The number of carbonyl (C=O) groups excluding carboxylic acids is 1. The van der Waals surface area contributed by atoms with E-state index >= 15 is 0 Å². The quantitative estimate of drug-likeness (QED) is 0.827. The standard InChI is InChI=1S/C14H17NO6S/c1-21-14(18)11-3-2-4-12(9-11)22(19,20)15-7-5-10(6-8-15)13(16)17/h2-4,9-10H,5-8H2,1H3,(H,16,17). The molecule has 0 aliphatic carbocycles. The summed E-state index contributed by atoms with van der Waals surface area (Å²) in [7, 11) is -2.52. The van der Waals surface area contributed by atoms with E-state index in [0.29, 0.717) is 0 Å². The van der Waals surface area contributed by atoms with Gasteiger partial charge in [0.05, 0.1) is 23.5 Å². The number of carbonyl (C=O) groups is 2. The van der Waals surface area contributed by atoms with Crippen molar-refractivity contribution in [2.24, 2.45) is 5.92 Å². The molecule has 1 aliphatic rings. The molecule has 0 saturated carbocycles. The molecule has 120 valence electrons. The van der Waals surface area contributed by atoms with Gasteiger partial charge in [0.1, 0.15) is 0 Å². The summed E-state index contributed by atoms with van der Waals surface area (Å²) in [6.07, 6.45) is 0.566. The third-order valence-electron chi connectivity index (χ3n) is 3.70. The van der Waals surface area contributed by atoms with Crippen LogP contribution >= 0.6 is 0 Å². The minimum absolute atomic E-state index is 0.00387. The van der Waals surface area contributed by atoms with Gasteiger partial charge < -0.3 is 9.84 Å². The summed E-state index contributed by atoms with van der Waals surface area (Å²) in [5, 5.41) is 8.95. The molecule has 1 aromatic carbocycles.